The van der Waals surface area contributed by atoms with Crippen LogP contribution in [0.4, 0.5) is 5.69 Å². The van der Waals surface area contributed by atoms with E-state index in [9.17, 15) is 4.79 Å². The largest absolute Gasteiger partial charge is 0.363 e. The fraction of sp³-hybridized carbons (Fsp3) is 0.231. The van der Waals surface area contributed by atoms with Crippen LogP contribution >= 0.6 is 0 Å². The van der Waals surface area contributed by atoms with Crippen LogP contribution in [-0.2, 0) is 11.2 Å². The van der Waals surface area contributed by atoms with Crippen LogP contribution in [0.25, 0.3) is 0 Å². The van der Waals surface area contributed by atoms with Gasteiger partial charge in [-0.3, -0.25) is 4.79 Å². The minimum atomic E-state index is -0.0101. The molecule has 0 fully saturated rings. The Hall–Kier alpha value is -2.10. The Bertz CT molecular complexity index is 452. The first-order chi connectivity index (χ1) is 8.34. The molecule has 17 heavy (non-hydrogen) atoms. The van der Waals surface area contributed by atoms with Crippen molar-refractivity contribution in [1.82, 2.24) is 5.16 Å². The zero-order chi connectivity index (χ0) is 11.9. The molecule has 0 unspecified atom stereocenters. The maximum Gasteiger partial charge on any atom is 0.224 e. The van der Waals surface area contributed by atoms with Crippen molar-refractivity contribution in [3.8, 4) is 0 Å². The van der Waals surface area contributed by atoms with Gasteiger partial charge >= 0.3 is 0 Å². The minimum absolute atomic E-state index is 0.0101. The highest BCUT2D eigenvalue weighted by atomic mass is 16.5. The van der Waals surface area contributed by atoms with Gasteiger partial charge in [-0.2, -0.15) is 0 Å². The van der Waals surface area contributed by atoms with Crippen molar-refractivity contribution in [3.05, 3.63) is 48.4 Å². The Kier molecular flexibility index (Phi) is 3.91. The Balaban J connectivity index is 1.70. The normalized spacial score (nSPS) is 10.1. The van der Waals surface area contributed by atoms with Gasteiger partial charge in [-0.25, -0.2) is 0 Å². The lowest BCUT2D eigenvalue weighted by molar-refractivity contribution is -0.116. The molecule has 0 saturated carbocycles. The van der Waals surface area contributed by atoms with E-state index in [2.05, 4.69) is 27.1 Å². The molecule has 0 aliphatic carbocycles. The van der Waals surface area contributed by atoms with Gasteiger partial charge in [-0.1, -0.05) is 35.5 Å². The molecule has 2 rings (SSSR count). The number of nitrogens with zero attached hydrogens (tertiary/aromatic N) is 1. The zero-order valence-electron chi connectivity index (χ0n) is 9.43. The summed E-state index contributed by atoms with van der Waals surface area (Å²) in [5.74, 6) is -0.0101. The molecule has 1 N–H and O–H groups in total. The lowest BCUT2D eigenvalue weighted by Gasteiger charge is -2.02. The molecule has 0 aliphatic rings. The molecule has 1 aromatic carbocycles. The third-order valence-corrected chi connectivity index (χ3v) is 2.43. The van der Waals surface area contributed by atoms with Gasteiger partial charge in [0, 0.05) is 6.42 Å². The van der Waals surface area contributed by atoms with Gasteiger partial charge in [0.2, 0.25) is 5.91 Å². The molecular formula is C13H14N2O2. The monoisotopic (exact) mass is 230 g/mol. The molecule has 0 aliphatic heterocycles. The van der Waals surface area contributed by atoms with Crippen LogP contribution in [0, 0.1) is 0 Å². The molecule has 0 radical (unpaired) electrons. The summed E-state index contributed by atoms with van der Waals surface area (Å²) >= 11 is 0. The lowest BCUT2D eigenvalue weighted by Crippen LogP contribution is -2.10. The second-order valence-corrected chi connectivity index (χ2v) is 3.80. The van der Waals surface area contributed by atoms with Crippen LogP contribution in [0.3, 0.4) is 0 Å². The average molecular weight is 230 g/mol. The van der Waals surface area contributed by atoms with E-state index >= 15 is 0 Å². The summed E-state index contributed by atoms with van der Waals surface area (Å²) in [6.45, 7) is 0. The lowest BCUT2D eigenvalue weighted by atomic mass is 10.1. The fourth-order valence-electron chi connectivity index (χ4n) is 1.59. The molecular weight excluding hydrogens is 216 g/mol. The molecule has 0 spiro atoms. The second-order valence-electron chi connectivity index (χ2n) is 3.80. The number of carbonyl (C=O) groups excluding carboxylic acids is 1. The number of amides is 1. The summed E-state index contributed by atoms with van der Waals surface area (Å²) in [4.78, 5) is 11.5. The number of hydrogen-bond donors (Lipinski definition) is 1. The van der Waals surface area contributed by atoms with E-state index in [0.717, 1.165) is 12.8 Å². The molecule has 0 atom stereocenters. The van der Waals surface area contributed by atoms with Crippen molar-refractivity contribution in [3.63, 3.8) is 0 Å². The highest BCUT2D eigenvalue weighted by molar-refractivity contribution is 5.90. The SMILES string of the molecule is O=C(CCCc1ccccc1)Nc1cnoc1. The zero-order valence-corrected chi connectivity index (χ0v) is 9.43. The second kappa shape index (κ2) is 5.84. The van der Waals surface area contributed by atoms with Crippen LogP contribution in [0.2, 0.25) is 0 Å². The Morgan fingerprint density at radius 2 is 2.12 bits per heavy atom. The van der Waals surface area contributed by atoms with Gasteiger partial charge in [0.15, 0.2) is 0 Å². The minimum Gasteiger partial charge on any atom is -0.363 e. The summed E-state index contributed by atoms with van der Waals surface area (Å²) < 4.78 is 4.62. The molecule has 2 aromatic rings. The van der Waals surface area contributed by atoms with E-state index in [4.69, 9.17) is 0 Å². The first-order valence-electron chi connectivity index (χ1n) is 5.58. The first kappa shape index (κ1) is 11.4. The number of anilines is 1. The van der Waals surface area contributed by atoms with E-state index in [1.165, 1.54) is 18.0 Å². The third-order valence-electron chi connectivity index (χ3n) is 2.43. The van der Waals surface area contributed by atoms with Gasteiger partial charge in [-0.05, 0) is 18.4 Å². The van der Waals surface area contributed by atoms with Gasteiger partial charge in [0.05, 0.1) is 6.20 Å². The average Bonchev–Trinajstić information content (AvgIpc) is 2.83. The standard InChI is InChI=1S/C13H14N2O2/c16-13(15-12-9-14-17-10-12)8-4-7-11-5-2-1-3-6-11/h1-3,5-6,9-10H,4,7-8H2,(H,15,16). The number of benzene rings is 1. The van der Waals surface area contributed by atoms with Crippen LogP contribution in [-0.4, -0.2) is 11.1 Å². The summed E-state index contributed by atoms with van der Waals surface area (Å²) in [6.07, 6.45) is 5.14. The topological polar surface area (TPSA) is 55.1 Å². The van der Waals surface area contributed by atoms with Crippen molar-refractivity contribution in [2.24, 2.45) is 0 Å². The number of nitrogens with one attached hydrogen (secondary N) is 1. The number of hydrogen-bond acceptors (Lipinski definition) is 3. The van der Waals surface area contributed by atoms with Crippen molar-refractivity contribution in [1.29, 1.82) is 0 Å². The first-order valence-corrected chi connectivity index (χ1v) is 5.58. The van der Waals surface area contributed by atoms with Crippen LogP contribution in [0.1, 0.15) is 18.4 Å². The van der Waals surface area contributed by atoms with E-state index in [1.54, 1.807) is 0 Å². The van der Waals surface area contributed by atoms with E-state index in [-0.39, 0.29) is 5.91 Å². The maximum atomic E-state index is 11.5. The quantitative estimate of drug-likeness (QED) is 0.859. The van der Waals surface area contributed by atoms with Crippen LogP contribution in [0.5, 0.6) is 0 Å². The van der Waals surface area contributed by atoms with Crippen molar-refractivity contribution >= 4 is 11.6 Å². The van der Waals surface area contributed by atoms with Gasteiger partial charge in [-0.15, -0.1) is 0 Å². The van der Waals surface area contributed by atoms with E-state index < -0.39 is 0 Å². The predicted molar refractivity (Wildman–Crippen MR) is 64.5 cm³/mol. The molecule has 4 heteroatoms. The van der Waals surface area contributed by atoms with Crippen LogP contribution in [0.15, 0.2) is 47.3 Å². The fourth-order valence-corrected chi connectivity index (χ4v) is 1.59. The Morgan fingerprint density at radius 1 is 1.29 bits per heavy atom. The maximum absolute atomic E-state index is 11.5. The summed E-state index contributed by atoms with van der Waals surface area (Å²) in [5, 5.41) is 6.23. The summed E-state index contributed by atoms with van der Waals surface area (Å²) in [7, 11) is 0. The molecule has 4 nitrogen and oxygen atoms in total. The van der Waals surface area contributed by atoms with E-state index in [0.29, 0.717) is 12.1 Å². The number of carbonyl (C=O) groups is 1. The van der Waals surface area contributed by atoms with E-state index in [1.807, 2.05) is 18.2 Å². The summed E-state index contributed by atoms with van der Waals surface area (Å²) in [6, 6.07) is 10.1. The predicted octanol–water partition coefficient (Wildman–Crippen LogP) is 2.64. The molecule has 0 bridgehead atoms. The molecule has 88 valence electrons. The van der Waals surface area contributed by atoms with Crippen molar-refractivity contribution < 1.29 is 9.32 Å². The highest BCUT2D eigenvalue weighted by Gasteiger charge is 2.03. The molecule has 1 aromatic heterocycles. The summed E-state index contributed by atoms with van der Waals surface area (Å²) in [5.41, 5.74) is 1.86. The molecule has 1 amide bonds. The number of aryl methyl sites for hydroxylation is 1. The molecule has 1 heterocycles. The molecule has 0 saturated heterocycles. The number of aromatic nitrogens is 1. The smallest absolute Gasteiger partial charge is 0.224 e. The van der Waals surface area contributed by atoms with Crippen molar-refractivity contribution in [2.45, 2.75) is 19.3 Å². The Labute approximate surface area is 99.6 Å². The van der Waals surface area contributed by atoms with Gasteiger partial charge < -0.3 is 9.84 Å². The van der Waals surface area contributed by atoms with Crippen molar-refractivity contribution in [2.75, 3.05) is 5.32 Å². The van der Waals surface area contributed by atoms with Gasteiger partial charge in [0.1, 0.15) is 12.0 Å². The number of rotatable bonds is 5. The highest BCUT2D eigenvalue weighted by Crippen LogP contribution is 2.07. The van der Waals surface area contributed by atoms with Gasteiger partial charge in [0.25, 0.3) is 0 Å². The Morgan fingerprint density at radius 3 is 2.82 bits per heavy atom. The van der Waals surface area contributed by atoms with Crippen LogP contribution < -0.4 is 5.32 Å². The third kappa shape index (κ3) is 3.75.